The van der Waals surface area contributed by atoms with Crippen LogP contribution in [-0.2, 0) is 11.8 Å². The van der Waals surface area contributed by atoms with E-state index in [4.69, 9.17) is 5.73 Å². The monoisotopic (exact) mass is 254 g/mol. The van der Waals surface area contributed by atoms with E-state index in [-0.39, 0.29) is 11.3 Å². The molecule has 1 heterocycles. The smallest absolute Gasteiger partial charge is 0.223 e. The van der Waals surface area contributed by atoms with Crippen LogP contribution < -0.4 is 5.73 Å². The highest BCUT2D eigenvalue weighted by Gasteiger charge is 2.31. The molecule has 0 saturated heterocycles. The standard InChI is InChI=1S/C15H18N4/c1-15(2,3)13-17-12(18-14(16)19-13)11-8-9-6-4-5-7-10(9)11/h4-7,11H,8H2,1-3H3,(H2,16,17,18,19). The van der Waals surface area contributed by atoms with Gasteiger partial charge in [-0.15, -0.1) is 0 Å². The van der Waals surface area contributed by atoms with Crippen molar-refractivity contribution >= 4 is 5.95 Å². The highest BCUT2D eigenvalue weighted by molar-refractivity contribution is 5.44. The van der Waals surface area contributed by atoms with Gasteiger partial charge in [0.25, 0.3) is 0 Å². The van der Waals surface area contributed by atoms with Crippen molar-refractivity contribution in [2.75, 3.05) is 5.73 Å². The van der Waals surface area contributed by atoms with Crippen LogP contribution in [0.25, 0.3) is 0 Å². The van der Waals surface area contributed by atoms with Gasteiger partial charge in [0.05, 0.1) is 0 Å². The predicted molar refractivity (Wildman–Crippen MR) is 74.9 cm³/mol. The van der Waals surface area contributed by atoms with E-state index >= 15 is 0 Å². The lowest BCUT2D eigenvalue weighted by molar-refractivity contribution is 0.528. The summed E-state index contributed by atoms with van der Waals surface area (Å²) in [6, 6.07) is 8.42. The number of hydrogen-bond acceptors (Lipinski definition) is 4. The van der Waals surface area contributed by atoms with Crippen LogP contribution in [0.4, 0.5) is 5.95 Å². The van der Waals surface area contributed by atoms with Crippen LogP contribution >= 0.6 is 0 Å². The lowest BCUT2D eigenvalue weighted by atomic mass is 9.77. The van der Waals surface area contributed by atoms with Crippen LogP contribution in [0.15, 0.2) is 24.3 Å². The first kappa shape index (κ1) is 12.1. The molecule has 4 heteroatoms. The number of nitrogen functional groups attached to an aromatic ring is 1. The molecule has 2 N–H and O–H groups in total. The molecular weight excluding hydrogens is 236 g/mol. The molecule has 4 nitrogen and oxygen atoms in total. The number of hydrogen-bond donors (Lipinski definition) is 1. The maximum absolute atomic E-state index is 5.83. The summed E-state index contributed by atoms with van der Waals surface area (Å²) in [6.07, 6.45) is 0.989. The Morgan fingerprint density at radius 2 is 1.84 bits per heavy atom. The van der Waals surface area contributed by atoms with Crippen molar-refractivity contribution in [2.24, 2.45) is 0 Å². The van der Waals surface area contributed by atoms with Gasteiger partial charge in [-0.25, -0.2) is 4.98 Å². The topological polar surface area (TPSA) is 64.7 Å². The van der Waals surface area contributed by atoms with Crippen molar-refractivity contribution in [2.45, 2.75) is 38.5 Å². The van der Waals surface area contributed by atoms with E-state index in [1.807, 2.05) is 0 Å². The first-order valence-corrected chi connectivity index (χ1v) is 6.55. The highest BCUT2D eigenvalue weighted by atomic mass is 15.1. The maximum atomic E-state index is 5.83. The van der Waals surface area contributed by atoms with Gasteiger partial charge >= 0.3 is 0 Å². The zero-order valence-corrected chi connectivity index (χ0v) is 11.5. The Morgan fingerprint density at radius 3 is 2.53 bits per heavy atom. The minimum absolute atomic E-state index is 0.116. The maximum Gasteiger partial charge on any atom is 0.223 e. The quantitative estimate of drug-likeness (QED) is 0.849. The third kappa shape index (κ3) is 2.07. The third-order valence-corrected chi connectivity index (χ3v) is 3.51. The molecule has 2 aromatic rings. The van der Waals surface area contributed by atoms with Crippen LogP contribution in [0.1, 0.15) is 49.5 Å². The van der Waals surface area contributed by atoms with Crippen molar-refractivity contribution in [3.63, 3.8) is 0 Å². The molecule has 0 spiro atoms. The second kappa shape index (κ2) is 4.02. The van der Waals surface area contributed by atoms with Gasteiger partial charge in [0.2, 0.25) is 5.95 Å². The molecule has 3 rings (SSSR count). The first-order valence-electron chi connectivity index (χ1n) is 6.55. The average molecular weight is 254 g/mol. The molecule has 0 amide bonds. The summed E-state index contributed by atoms with van der Waals surface area (Å²) in [5.41, 5.74) is 8.41. The number of nitrogens with zero attached hydrogens (tertiary/aromatic N) is 3. The van der Waals surface area contributed by atoms with Gasteiger partial charge in [-0.05, 0) is 17.5 Å². The van der Waals surface area contributed by atoms with Gasteiger partial charge in [0.15, 0.2) is 0 Å². The van der Waals surface area contributed by atoms with Crippen molar-refractivity contribution in [3.8, 4) is 0 Å². The van der Waals surface area contributed by atoms with E-state index < -0.39 is 0 Å². The Labute approximate surface area is 113 Å². The highest BCUT2D eigenvalue weighted by Crippen LogP contribution is 2.38. The van der Waals surface area contributed by atoms with Gasteiger partial charge in [-0.2, -0.15) is 9.97 Å². The fraction of sp³-hybridized carbons (Fsp3) is 0.400. The van der Waals surface area contributed by atoms with E-state index in [2.05, 4.69) is 60.0 Å². The minimum atomic E-state index is -0.116. The molecule has 98 valence electrons. The normalized spacial score (nSPS) is 17.7. The number of aromatic nitrogens is 3. The van der Waals surface area contributed by atoms with Crippen LogP contribution in [0.2, 0.25) is 0 Å². The van der Waals surface area contributed by atoms with Gasteiger partial charge in [-0.3, -0.25) is 0 Å². The zero-order valence-electron chi connectivity index (χ0n) is 11.5. The summed E-state index contributed by atoms with van der Waals surface area (Å²) in [5, 5.41) is 0. The van der Waals surface area contributed by atoms with Gasteiger partial charge in [0.1, 0.15) is 11.6 Å². The van der Waals surface area contributed by atoms with Crippen LogP contribution in [-0.4, -0.2) is 15.0 Å². The molecule has 1 aliphatic rings. The number of benzene rings is 1. The Kier molecular flexibility index (Phi) is 2.55. The van der Waals surface area contributed by atoms with Crippen molar-refractivity contribution < 1.29 is 0 Å². The molecule has 0 radical (unpaired) electrons. The number of anilines is 1. The van der Waals surface area contributed by atoms with E-state index in [9.17, 15) is 0 Å². The van der Waals surface area contributed by atoms with E-state index in [1.165, 1.54) is 11.1 Å². The minimum Gasteiger partial charge on any atom is -0.368 e. The lowest BCUT2D eigenvalue weighted by Crippen LogP contribution is -2.25. The molecule has 0 bridgehead atoms. The molecule has 0 saturated carbocycles. The molecule has 1 aromatic carbocycles. The van der Waals surface area contributed by atoms with Crippen LogP contribution in [0, 0.1) is 0 Å². The Hall–Kier alpha value is -1.97. The van der Waals surface area contributed by atoms with Gasteiger partial charge < -0.3 is 5.73 Å². The third-order valence-electron chi connectivity index (χ3n) is 3.51. The largest absolute Gasteiger partial charge is 0.368 e. The summed E-state index contributed by atoms with van der Waals surface area (Å²) in [5.74, 6) is 2.15. The number of nitrogens with two attached hydrogens (primary N) is 1. The molecule has 0 aliphatic heterocycles. The molecule has 19 heavy (non-hydrogen) atoms. The van der Waals surface area contributed by atoms with E-state index in [0.29, 0.717) is 5.95 Å². The molecule has 1 unspecified atom stereocenters. The van der Waals surface area contributed by atoms with Gasteiger partial charge in [-0.1, -0.05) is 45.0 Å². The Morgan fingerprint density at radius 1 is 1.11 bits per heavy atom. The fourth-order valence-electron chi connectivity index (χ4n) is 2.39. The molecule has 1 aliphatic carbocycles. The molecular formula is C15H18N4. The number of rotatable bonds is 1. The summed E-state index contributed by atoms with van der Waals surface area (Å²) >= 11 is 0. The summed E-state index contributed by atoms with van der Waals surface area (Å²) in [6.45, 7) is 6.25. The van der Waals surface area contributed by atoms with Crippen molar-refractivity contribution in [1.82, 2.24) is 15.0 Å². The summed E-state index contributed by atoms with van der Waals surface area (Å²) in [4.78, 5) is 13.2. The average Bonchev–Trinajstić information content (AvgIpc) is 2.29. The first-order chi connectivity index (χ1) is 8.95. The fourth-order valence-corrected chi connectivity index (χ4v) is 2.39. The van der Waals surface area contributed by atoms with E-state index in [0.717, 1.165) is 18.1 Å². The van der Waals surface area contributed by atoms with Crippen molar-refractivity contribution in [3.05, 3.63) is 47.0 Å². The lowest BCUT2D eigenvalue weighted by Gasteiger charge is -2.29. The molecule has 1 atom stereocenters. The summed E-state index contributed by atoms with van der Waals surface area (Å²) < 4.78 is 0. The van der Waals surface area contributed by atoms with Crippen LogP contribution in [0.5, 0.6) is 0 Å². The van der Waals surface area contributed by atoms with Gasteiger partial charge in [0, 0.05) is 11.3 Å². The zero-order chi connectivity index (χ0) is 13.6. The molecule has 0 fully saturated rings. The van der Waals surface area contributed by atoms with Crippen molar-refractivity contribution in [1.29, 1.82) is 0 Å². The second-order valence-corrected chi connectivity index (χ2v) is 6.08. The Balaban J connectivity index is 2.02. The number of fused-ring (bicyclic) bond motifs is 1. The SMILES string of the molecule is CC(C)(C)c1nc(N)nc(C2Cc3ccccc32)n1. The van der Waals surface area contributed by atoms with Crippen LogP contribution in [0.3, 0.4) is 0 Å². The molecule has 1 aromatic heterocycles. The Bertz CT molecular complexity index is 628. The van der Waals surface area contributed by atoms with E-state index in [1.54, 1.807) is 0 Å². The second-order valence-electron chi connectivity index (χ2n) is 6.08. The predicted octanol–water partition coefficient (Wildman–Crippen LogP) is 2.44. The summed E-state index contributed by atoms with van der Waals surface area (Å²) in [7, 11) is 0.